The minimum absolute atomic E-state index is 0.560. The maximum absolute atomic E-state index is 3.70. The lowest BCUT2D eigenvalue weighted by Gasteiger charge is -2.43. The van der Waals surface area contributed by atoms with Crippen molar-refractivity contribution in [1.29, 1.82) is 0 Å². The summed E-state index contributed by atoms with van der Waals surface area (Å²) in [5.41, 5.74) is 0.560. The molecule has 2 saturated carbocycles. The molecular formula is C16H32N2. The van der Waals surface area contributed by atoms with Gasteiger partial charge < -0.3 is 10.2 Å². The van der Waals surface area contributed by atoms with Gasteiger partial charge in [0.25, 0.3) is 0 Å². The second kappa shape index (κ2) is 6.38. The fourth-order valence-corrected chi connectivity index (χ4v) is 3.83. The number of rotatable bonds is 7. The van der Waals surface area contributed by atoms with E-state index in [4.69, 9.17) is 0 Å². The zero-order chi connectivity index (χ0) is 13.0. The summed E-state index contributed by atoms with van der Waals surface area (Å²) in [7, 11) is 2.35. The first-order chi connectivity index (χ1) is 8.65. The third-order valence-electron chi connectivity index (χ3n) is 4.87. The van der Waals surface area contributed by atoms with Crippen LogP contribution in [0.1, 0.15) is 58.8 Å². The highest BCUT2D eigenvalue weighted by Gasteiger charge is 2.38. The Morgan fingerprint density at radius 1 is 1.28 bits per heavy atom. The Balaban J connectivity index is 1.91. The van der Waals surface area contributed by atoms with Crippen LogP contribution in [0.2, 0.25) is 0 Å². The molecule has 2 heteroatoms. The molecule has 0 amide bonds. The molecule has 2 nitrogen and oxygen atoms in total. The van der Waals surface area contributed by atoms with Crippen molar-refractivity contribution in [2.45, 2.75) is 64.8 Å². The van der Waals surface area contributed by atoms with Gasteiger partial charge in [-0.15, -0.1) is 0 Å². The minimum atomic E-state index is 0.560. The van der Waals surface area contributed by atoms with Gasteiger partial charge in [0, 0.05) is 19.1 Å². The molecule has 2 aliphatic carbocycles. The lowest BCUT2D eigenvalue weighted by Crippen LogP contribution is -2.46. The van der Waals surface area contributed by atoms with Gasteiger partial charge >= 0.3 is 0 Å². The minimum Gasteiger partial charge on any atom is -0.316 e. The van der Waals surface area contributed by atoms with Gasteiger partial charge in [0.05, 0.1) is 0 Å². The highest BCUT2D eigenvalue weighted by Crippen LogP contribution is 2.41. The van der Waals surface area contributed by atoms with Crippen molar-refractivity contribution in [3.05, 3.63) is 0 Å². The van der Waals surface area contributed by atoms with E-state index in [2.05, 4.69) is 31.1 Å². The molecule has 2 atom stereocenters. The number of hydrogen-bond acceptors (Lipinski definition) is 2. The summed E-state index contributed by atoms with van der Waals surface area (Å²) in [5, 5.41) is 3.70. The third kappa shape index (κ3) is 3.96. The maximum atomic E-state index is 3.70. The van der Waals surface area contributed by atoms with E-state index < -0.39 is 0 Å². The van der Waals surface area contributed by atoms with Crippen molar-refractivity contribution in [2.24, 2.45) is 11.3 Å². The van der Waals surface area contributed by atoms with Gasteiger partial charge in [0.1, 0.15) is 0 Å². The van der Waals surface area contributed by atoms with Gasteiger partial charge in [-0.2, -0.15) is 0 Å². The molecule has 1 N–H and O–H groups in total. The molecule has 18 heavy (non-hydrogen) atoms. The molecule has 0 heterocycles. The summed E-state index contributed by atoms with van der Waals surface area (Å²) in [6.45, 7) is 8.45. The lowest BCUT2D eigenvalue weighted by molar-refractivity contribution is 0.0888. The molecule has 2 rings (SSSR count). The molecular weight excluding hydrogens is 220 g/mol. The van der Waals surface area contributed by atoms with Crippen molar-refractivity contribution < 1.29 is 0 Å². The Morgan fingerprint density at radius 2 is 2.06 bits per heavy atom. The fraction of sp³-hybridized carbons (Fsp3) is 1.00. The molecule has 0 aromatic heterocycles. The van der Waals surface area contributed by atoms with Crippen LogP contribution >= 0.6 is 0 Å². The molecule has 0 bridgehead atoms. The molecule has 2 fully saturated rings. The molecule has 2 unspecified atom stereocenters. The largest absolute Gasteiger partial charge is 0.316 e. The third-order valence-corrected chi connectivity index (χ3v) is 4.87. The van der Waals surface area contributed by atoms with Crippen molar-refractivity contribution in [2.75, 3.05) is 26.7 Å². The molecule has 0 aromatic rings. The van der Waals surface area contributed by atoms with Crippen molar-refractivity contribution >= 4 is 0 Å². The van der Waals surface area contributed by atoms with E-state index in [1.165, 1.54) is 64.6 Å². The van der Waals surface area contributed by atoms with Crippen LogP contribution in [-0.2, 0) is 0 Å². The predicted octanol–water partition coefficient (Wildman–Crippen LogP) is 3.28. The summed E-state index contributed by atoms with van der Waals surface area (Å²) in [6, 6.07) is 0.908. The Kier molecular flexibility index (Phi) is 5.08. The lowest BCUT2D eigenvalue weighted by atomic mass is 9.69. The maximum Gasteiger partial charge on any atom is 0.00936 e. The van der Waals surface area contributed by atoms with E-state index in [1.54, 1.807) is 0 Å². The fourth-order valence-electron chi connectivity index (χ4n) is 3.83. The van der Waals surface area contributed by atoms with Crippen LogP contribution < -0.4 is 5.32 Å². The average Bonchev–Trinajstić information content (AvgIpc) is 3.13. The molecule has 0 spiro atoms. The molecule has 0 aromatic carbocycles. The molecule has 106 valence electrons. The number of nitrogens with one attached hydrogen (secondary N) is 1. The SMILES string of the molecule is CCCNCC1(CN(C)C2CC2)CCCC(C)C1. The molecule has 0 saturated heterocycles. The number of hydrogen-bond donors (Lipinski definition) is 1. The summed E-state index contributed by atoms with van der Waals surface area (Å²) in [4.78, 5) is 2.64. The van der Waals surface area contributed by atoms with Crippen molar-refractivity contribution in [1.82, 2.24) is 10.2 Å². The smallest absolute Gasteiger partial charge is 0.00936 e. The van der Waals surface area contributed by atoms with E-state index in [-0.39, 0.29) is 0 Å². The van der Waals surface area contributed by atoms with E-state index in [0.29, 0.717) is 5.41 Å². The zero-order valence-corrected chi connectivity index (χ0v) is 12.7. The second-order valence-corrected chi connectivity index (χ2v) is 7.02. The van der Waals surface area contributed by atoms with Gasteiger partial charge in [-0.05, 0) is 57.0 Å². The van der Waals surface area contributed by atoms with Gasteiger partial charge in [0.2, 0.25) is 0 Å². The first-order valence-corrected chi connectivity index (χ1v) is 8.06. The van der Waals surface area contributed by atoms with E-state index >= 15 is 0 Å². The topological polar surface area (TPSA) is 15.3 Å². The highest BCUT2D eigenvalue weighted by molar-refractivity contribution is 4.93. The van der Waals surface area contributed by atoms with Crippen LogP contribution in [0, 0.1) is 11.3 Å². The van der Waals surface area contributed by atoms with Crippen LogP contribution in [0.5, 0.6) is 0 Å². The monoisotopic (exact) mass is 252 g/mol. The van der Waals surface area contributed by atoms with Gasteiger partial charge in [-0.1, -0.05) is 26.7 Å². The first-order valence-electron chi connectivity index (χ1n) is 8.06. The van der Waals surface area contributed by atoms with Gasteiger partial charge in [-0.3, -0.25) is 0 Å². The summed E-state index contributed by atoms with van der Waals surface area (Å²) < 4.78 is 0. The molecule has 0 radical (unpaired) electrons. The Morgan fingerprint density at radius 3 is 2.67 bits per heavy atom. The molecule has 0 aliphatic heterocycles. The average molecular weight is 252 g/mol. The van der Waals surface area contributed by atoms with Crippen LogP contribution in [0.25, 0.3) is 0 Å². The summed E-state index contributed by atoms with van der Waals surface area (Å²) in [6.07, 6.45) is 9.88. The van der Waals surface area contributed by atoms with Crippen molar-refractivity contribution in [3.63, 3.8) is 0 Å². The first kappa shape index (κ1) is 14.3. The Hall–Kier alpha value is -0.0800. The Bertz CT molecular complexity index is 249. The van der Waals surface area contributed by atoms with Crippen LogP contribution in [0.15, 0.2) is 0 Å². The van der Waals surface area contributed by atoms with E-state index in [1.807, 2.05) is 0 Å². The summed E-state index contributed by atoms with van der Waals surface area (Å²) in [5.74, 6) is 0.926. The van der Waals surface area contributed by atoms with E-state index in [9.17, 15) is 0 Å². The summed E-state index contributed by atoms with van der Waals surface area (Å²) >= 11 is 0. The zero-order valence-electron chi connectivity index (χ0n) is 12.7. The standard InChI is InChI=1S/C16H32N2/c1-4-10-17-12-16(9-5-6-14(2)11-16)13-18(3)15-7-8-15/h14-15,17H,4-13H2,1-3H3. The van der Waals surface area contributed by atoms with Crippen LogP contribution in [-0.4, -0.2) is 37.6 Å². The van der Waals surface area contributed by atoms with E-state index in [0.717, 1.165) is 12.0 Å². The van der Waals surface area contributed by atoms with Crippen molar-refractivity contribution in [3.8, 4) is 0 Å². The van der Waals surface area contributed by atoms with Gasteiger partial charge in [0.15, 0.2) is 0 Å². The molecule has 2 aliphatic rings. The Labute approximate surface area is 114 Å². The van der Waals surface area contributed by atoms with Crippen LogP contribution in [0.3, 0.4) is 0 Å². The van der Waals surface area contributed by atoms with Crippen LogP contribution in [0.4, 0.5) is 0 Å². The normalized spacial score (nSPS) is 33.0. The predicted molar refractivity (Wildman–Crippen MR) is 78.9 cm³/mol. The second-order valence-electron chi connectivity index (χ2n) is 7.02. The van der Waals surface area contributed by atoms with Gasteiger partial charge in [-0.25, -0.2) is 0 Å². The quantitative estimate of drug-likeness (QED) is 0.700. The highest BCUT2D eigenvalue weighted by atomic mass is 15.2. The number of nitrogens with zero attached hydrogens (tertiary/aromatic N) is 1.